The van der Waals surface area contributed by atoms with Crippen molar-refractivity contribution in [2.45, 2.75) is 0 Å². The van der Waals surface area contributed by atoms with E-state index in [0.717, 1.165) is 4.24 Å². The van der Waals surface area contributed by atoms with Crippen molar-refractivity contribution in [3.8, 4) is 0 Å². The smallest absolute Gasteiger partial charge is 0.256 e. The highest BCUT2D eigenvalue weighted by Crippen LogP contribution is 2.52. The number of carbonyl (C=O) groups excluding carboxylic acids is 1. The molecule has 0 aromatic heterocycles. The van der Waals surface area contributed by atoms with Gasteiger partial charge in [-0.1, -0.05) is 47.0 Å². The van der Waals surface area contributed by atoms with Crippen LogP contribution in [0.3, 0.4) is 0 Å². The molecule has 0 radical (unpaired) electrons. The predicted molar refractivity (Wildman–Crippen MR) is 63.8 cm³/mol. The molecule has 6 heteroatoms. The highest BCUT2D eigenvalue weighted by atomic mass is 32.2. The summed E-state index contributed by atoms with van der Waals surface area (Å²) in [6.45, 7) is 0. The van der Waals surface area contributed by atoms with Crippen LogP contribution in [-0.2, 0) is 4.79 Å². The molecule has 2 heterocycles. The van der Waals surface area contributed by atoms with E-state index in [4.69, 9.17) is 5.73 Å². The highest BCUT2D eigenvalue weighted by Gasteiger charge is 2.21. The summed E-state index contributed by atoms with van der Waals surface area (Å²) in [7, 11) is 0. The number of primary amides is 1. The molecule has 2 aliphatic rings. The van der Waals surface area contributed by atoms with Crippen LogP contribution in [0.2, 0.25) is 0 Å². The number of hydrogen-bond acceptors (Lipinski definition) is 5. The zero-order valence-electron chi connectivity index (χ0n) is 6.35. The molecule has 1 amide bonds. The van der Waals surface area contributed by atoms with Crippen LogP contribution < -0.4 is 5.73 Å². The lowest BCUT2D eigenvalue weighted by Gasteiger charge is -1.99. The van der Waals surface area contributed by atoms with Gasteiger partial charge in [0.05, 0.1) is 13.4 Å². The Labute approximate surface area is 92.8 Å². The van der Waals surface area contributed by atoms with Crippen molar-refractivity contribution in [1.29, 1.82) is 0 Å². The van der Waals surface area contributed by atoms with Crippen LogP contribution in [0.4, 0.5) is 0 Å². The average Bonchev–Trinajstić information content (AvgIpc) is 2.75. The molecule has 0 spiro atoms. The fourth-order valence-corrected chi connectivity index (χ4v) is 5.07. The van der Waals surface area contributed by atoms with Crippen LogP contribution in [0.15, 0.2) is 29.6 Å². The van der Waals surface area contributed by atoms with E-state index in [-0.39, 0.29) is 5.91 Å². The Balaban J connectivity index is 2.10. The Morgan fingerprint density at radius 3 is 2.38 bits per heavy atom. The molecule has 2 N–H and O–H groups in total. The number of rotatable bonds is 1. The van der Waals surface area contributed by atoms with Gasteiger partial charge in [-0.2, -0.15) is 0 Å². The van der Waals surface area contributed by atoms with Gasteiger partial charge in [0.2, 0.25) is 0 Å². The number of thioether (sulfide) groups is 4. The summed E-state index contributed by atoms with van der Waals surface area (Å²) in [5, 5.41) is 5.89. The van der Waals surface area contributed by atoms with E-state index in [1.807, 2.05) is 16.2 Å². The monoisotopic (exact) mass is 247 g/mol. The first-order chi connectivity index (χ1) is 6.27. The van der Waals surface area contributed by atoms with Crippen molar-refractivity contribution in [3.05, 3.63) is 29.6 Å². The molecule has 0 fully saturated rings. The van der Waals surface area contributed by atoms with E-state index in [2.05, 4.69) is 0 Å². The topological polar surface area (TPSA) is 43.1 Å². The second-order valence-corrected chi connectivity index (χ2v) is 6.43. The lowest BCUT2D eigenvalue weighted by Crippen LogP contribution is -2.10. The molecule has 2 rings (SSSR count). The van der Waals surface area contributed by atoms with Crippen LogP contribution in [0.5, 0.6) is 0 Å². The highest BCUT2D eigenvalue weighted by molar-refractivity contribution is 8.33. The van der Waals surface area contributed by atoms with Gasteiger partial charge < -0.3 is 5.73 Å². The Kier molecular flexibility index (Phi) is 3.02. The third-order valence-electron chi connectivity index (χ3n) is 1.29. The number of amides is 1. The maximum atomic E-state index is 10.8. The Morgan fingerprint density at radius 1 is 1.15 bits per heavy atom. The second kappa shape index (κ2) is 4.08. The zero-order chi connectivity index (χ0) is 9.26. The second-order valence-electron chi connectivity index (χ2n) is 2.15. The maximum absolute atomic E-state index is 10.8. The Morgan fingerprint density at radius 2 is 1.85 bits per heavy atom. The predicted octanol–water partition coefficient (Wildman–Crippen LogP) is 2.87. The number of nitrogens with two attached hydrogens (primary N) is 1. The van der Waals surface area contributed by atoms with Crippen molar-refractivity contribution in [3.63, 3.8) is 0 Å². The number of hydrogen-bond donors (Lipinski definition) is 1. The molecule has 0 unspecified atom stereocenters. The van der Waals surface area contributed by atoms with Crippen molar-refractivity contribution in [2.75, 3.05) is 0 Å². The standard InChI is InChI=1S/C7H5NOS4/c8-5(9)4-3-12-7(13-4)6-10-1-2-11-6/h1-3H,(H2,8,9). The largest absolute Gasteiger partial charge is 0.365 e. The molecule has 0 aliphatic carbocycles. The van der Waals surface area contributed by atoms with Crippen LogP contribution in [0.25, 0.3) is 0 Å². The van der Waals surface area contributed by atoms with E-state index in [9.17, 15) is 4.79 Å². The molecule has 13 heavy (non-hydrogen) atoms. The van der Waals surface area contributed by atoms with Crippen molar-refractivity contribution >= 4 is 53.0 Å². The van der Waals surface area contributed by atoms with Crippen LogP contribution in [0.1, 0.15) is 0 Å². The molecule has 0 bridgehead atoms. The third kappa shape index (κ3) is 2.12. The first kappa shape index (κ1) is 9.64. The summed E-state index contributed by atoms with van der Waals surface area (Å²) in [4.78, 5) is 11.5. The van der Waals surface area contributed by atoms with Crippen LogP contribution >= 0.6 is 47.0 Å². The van der Waals surface area contributed by atoms with E-state index in [0.29, 0.717) is 4.91 Å². The minimum Gasteiger partial charge on any atom is -0.365 e. The third-order valence-corrected chi connectivity index (χ3v) is 6.33. The van der Waals surface area contributed by atoms with Gasteiger partial charge in [0.1, 0.15) is 0 Å². The van der Waals surface area contributed by atoms with Crippen LogP contribution in [0, 0.1) is 0 Å². The lowest BCUT2D eigenvalue weighted by atomic mass is 10.6. The Bertz CT molecular complexity index is 334. The molecule has 0 atom stereocenters. The van der Waals surface area contributed by atoms with Crippen molar-refractivity contribution < 1.29 is 4.79 Å². The van der Waals surface area contributed by atoms with Crippen molar-refractivity contribution in [2.24, 2.45) is 5.73 Å². The normalized spacial score (nSPS) is 21.1. The SMILES string of the molecule is NC(=O)C1=CSC(=C2SC=CS2)S1. The summed E-state index contributed by atoms with van der Waals surface area (Å²) < 4.78 is 2.40. The maximum Gasteiger partial charge on any atom is 0.256 e. The molecular formula is C7H5NOS4. The van der Waals surface area contributed by atoms with Gasteiger partial charge in [0.25, 0.3) is 5.91 Å². The molecule has 2 nitrogen and oxygen atoms in total. The van der Waals surface area contributed by atoms with E-state index in [1.54, 1.807) is 35.3 Å². The zero-order valence-corrected chi connectivity index (χ0v) is 9.62. The molecule has 0 saturated heterocycles. The fraction of sp³-hybridized carbons (Fsp3) is 0. The molecule has 0 aromatic rings. The quantitative estimate of drug-likeness (QED) is 0.772. The Hall–Kier alpha value is 0.0900. The van der Waals surface area contributed by atoms with Gasteiger partial charge in [0.15, 0.2) is 0 Å². The fourth-order valence-electron chi connectivity index (χ4n) is 0.756. The average molecular weight is 247 g/mol. The summed E-state index contributed by atoms with van der Waals surface area (Å²) in [5.41, 5.74) is 5.17. The van der Waals surface area contributed by atoms with Crippen molar-refractivity contribution in [1.82, 2.24) is 0 Å². The van der Waals surface area contributed by atoms with Gasteiger partial charge >= 0.3 is 0 Å². The van der Waals surface area contributed by atoms with E-state index >= 15 is 0 Å². The first-order valence-corrected chi connectivity index (χ1v) is 6.80. The lowest BCUT2D eigenvalue weighted by molar-refractivity contribution is -0.113. The minimum atomic E-state index is -0.339. The molecular weight excluding hydrogens is 242 g/mol. The molecule has 0 saturated carbocycles. The molecule has 2 aliphatic heterocycles. The number of carbonyl (C=O) groups is 1. The summed E-state index contributed by atoms with van der Waals surface area (Å²) in [6, 6.07) is 0. The van der Waals surface area contributed by atoms with Gasteiger partial charge in [-0.05, 0) is 16.2 Å². The summed E-state index contributed by atoms with van der Waals surface area (Å²) >= 11 is 6.41. The van der Waals surface area contributed by atoms with E-state index < -0.39 is 0 Å². The van der Waals surface area contributed by atoms with Gasteiger partial charge in [-0.3, -0.25) is 4.79 Å². The van der Waals surface area contributed by atoms with Gasteiger partial charge in [-0.25, -0.2) is 0 Å². The first-order valence-electron chi connectivity index (χ1n) is 3.34. The van der Waals surface area contributed by atoms with E-state index in [1.165, 1.54) is 16.0 Å². The summed E-state index contributed by atoms with van der Waals surface area (Å²) in [6.07, 6.45) is 0. The van der Waals surface area contributed by atoms with Crippen LogP contribution in [-0.4, -0.2) is 5.91 Å². The van der Waals surface area contributed by atoms with Gasteiger partial charge in [0, 0.05) is 0 Å². The van der Waals surface area contributed by atoms with Gasteiger partial charge in [-0.15, -0.1) is 0 Å². The minimum absolute atomic E-state index is 0.339. The summed E-state index contributed by atoms with van der Waals surface area (Å²) in [5.74, 6) is -0.339. The molecule has 0 aromatic carbocycles. The molecule has 68 valence electrons.